The summed E-state index contributed by atoms with van der Waals surface area (Å²) >= 11 is 12.9. The van der Waals surface area contributed by atoms with Crippen molar-refractivity contribution >= 4 is 50.2 Å². The van der Waals surface area contributed by atoms with Crippen molar-refractivity contribution in [3.05, 3.63) is 58.6 Å². The fourth-order valence-corrected chi connectivity index (χ4v) is 11.9. The van der Waals surface area contributed by atoms with Crippen molar-refractivity contribution in [3.8, 4) is 0 Å². The van der Waals surface area contributed by atoms with E-state index in [1.807, 2.05) is 36.4 Å². The summed E-state index contributed by atoms with van der Waals surface area (Å²) in [6.07, 6.45) is 0. The van der Waals surface area contributed by atoms with E-state index in [1.165, 1.54) is 0 Å². The number of hydrogen-bond acceptors (Lipinski definition) is 1. The van der Waals surface area contributed by atoms with Crippen molar-refractivity contribution in [2.75, 3.05) is 0 Å². The maximum atomic E-state index is 6.67. The Kier molecular flexibility index (Phi) is 5.01. The predicted octanol–water partition coefficient (Wildman–Crippen LogP) is 4.53. The minimum absolute atomic E-state index is 0.754. The van der Waals surface area contributed by atoms with E-state index >= 15 is 0 Å². The Balaban J connectivity index is 2.66. The van der Waals surface area contributed by atoms with E-state index in [2.05, 4.69) is 38.3 Å². The van der Waals surface area contributed by atoms with E-state index < -0.39 is 16.6 Å². The minimum Gasteiger partial charge on any atom is -0.449 e. The molecule has 2 aromatic carbocycles. The maximum Gasteiger partial charge on any atom is 0.244 e. The van der Waals surface area contributed by atoms with Crippen molar-refractivity contribution in [2.45, 2.75) is 26.2 Å². The lowest BCUT2D eigenvalue weighted by atomic mass is 10.4. The molecule has 0 saturated carbocycles. The van der Waals surface area contributed by atoms with Crippen LogP contribution in [0.5, 0.6) is 0 Å². The van der Waals surface area contributed by atoms with Crippen molar-refractivity contribution < 1.29 is 4.12 Å². The first-order valence-corrected chi connectivity index (χ1v) is 13.5. The fourth-order valence-electron chi connectivity index (χ4n) is 2.56. The van der Waals surface area contributed by atoms with Crippen LogP contribution in [0.3, 0.4) is 0 Å². The maximum absolute atomic E-state index is 6.67. The molecule has 0 fully saturated rings. The molecule has 0 saturated heterocycles. The van der Waals surface area contributed by atoms with Gasteiger partial charge in [-0.15, -0.1) is 0 Å². The molecule has 0 unspecified atom stereocenters. The lowest BCUT2D eigenvalue weighted by Crippen LogP contribution is -2.63. The molecule has 0 bridgehead atoms. The van der Waals surface area contributed by atoms with Crippen LogP contribution in [0, 0.1) is 0 Å². The van der Waals surface area contributed by atoms with Gasteiger partial charge in [0.2, 0.25) is 8.32 Å². The minimum atomic E-state index is -2.43. The summed E-state index contributed by atoms with van der Waals surface area (Å²) in [5.74, 6) is 0. The molecular weight excluding hydrogens is 335 g/mol. The highest BCUT2D eigenvalue weighted by Gasteiger charge is 2.40. The van der Waals surface area contributed by atoms with Crippen LogP contribution in [0.4, 0.5) is 0 Å². The second kappa shape index (κ2) is 6.27. The van der Waals surface area contributed by atoms with Gasteiger partial charge in [-0.1, -0.05) is 59.6 Å². The third-order valence-electron chi connectivity index (χ3n) is 3.29. The van der Waals surface area contributed by atoms with Crippen molar-refractivity contribution in [3.63, 3.8) is 0 Å². The second-order valence-electron chi connectivity index (χ2n) is 6.21. The zero-order chi connectivity index (χ0) is 15.7. The van der Waals surface area contributed by atoms with Gasteiger partial charge in [0.25, 0.3) is 0 Å². The van der Waals surface area contributed by atoms with Crippen LogP contribution in [-0.4, -0.2) is 16.6 Å². The van der Waals surface area contributed by atoms with E-state index in [4.69, 9.17) is 27.3 Å². The molecule has 0 atom stereocenters. The zero-order valence-electron chi connectivity index (χ0n) is 12.8. The molecule has 2 rings (SSSR count). The average molecular weight is 355 g/mol. The molecule has 0 radical (unpaired) electrons. The summed E-state index contributed by atoms with van der Waals surface area (Å²) in [6, 6.07) is 15.9. The van der Waals surface area contributed by atoms with Gasteiger partial charge in [0, 0.05) is 10.0 Å². The molecule has 0 aromatic heterocycles. The number of rotatable bonds is 4. The smallest absolute Gasteiger partial charge is 0.244 e. The van der Waals surface area contributed by atoms with Crippen molar-refractivity contribution in [2.24, 2.45) is 0 Å². The molecule has 0 aliphatic rings. The fraction of sp³-hybridized carbons (Fsp3) is 0.250. The van der Waals surface area contributed by atoms with Gasteiger partial charge in [-0.25, -0.2) is 0 Å². The quantitative estimate of drug-likeness (QED) is 0.732. The molecule has 0 N–H and O–H groups in total. The van der Waals surface area contributed by atoms with Gasteiger partial charge >= 0.3 is 0 Å². The molecule has 5 heteroatoms. The van der Waals surface area contributed by atoms with Gasteiger partial charge in [0.15, 0.2) is 8.32 Å². The Hall–Kier alpha value is -0.586. The molecule has 0 spiro atoms. The lowest BCUT2D eigenvalue weighted by molar-refractivity contribution is 0.573. The van der Waals surface area contributed by atoms with Gasteiger partial charge in [-0.05, 0) is 48.7 Å². The Labute approximate surface area is 139 Å². The highest BCUT2D eigenvalue weighted by atomic mass is 35.5. The van der Waals surface area contributed by atoms with Gasteiger partial charge in [-0.3, -0.25) is 0 Å². The zero-order valence-corrected chi connectivity index (χ0v) is 16.3. The van der Waals surface area contributed by atoms with Crippen LogP contribution in [0.15, 0.2) is 48.5 Å². The van der Waals surface area contributed by atoms with Crippen molar-refractivity contribution in [1.82, 2.24) is 0 Å². The third kappa shape index (κ3) is 3.79. The van der Waals surface area contributed by atoms with E-state index in [0.29, 0.717) is 0 Å². The molecule has 2 aromatic rings. The monoisotopic (exact) mass is 354 g/mol. The summed E-state index contributed by atoms with van der Waals surface area (Å²) in [5.41, 5.74) is 0. The largest absolute Gasteiger partial charge is 0.449 e. The van der Waals surface area contributed by atoms with E-state index in [-0.39, 0.29) is 0 Å². The van der Waals surface area contributed by atoms with Crippen LogP contribution in [0.2, 0.25) is 36.2 Å². The first-order valence-electron chi connectivity index (χ1n) is 6.94. The Morgan fingerprint density at radius 1 is 0.714 bits per heavy atom. The Morgan fingerprint density at radius 3 is 1.43 bits per heavy atom. The van der Waals surface area contributed by atoms with Crippen molar-refractivity contribution in [1.29, 1.82) is 0 Å². The van der Waals surface area contributed by atoms with E-state index in [0.717, 1.165) is 20.4 Å². The summed E-state index contributed by atoms with van der Waals surface area (Å²) < 4.78 is 6.67. The summed E-state index contributed by atoms with van der Waals surface area (Å²) in [4.78, 5) is 0. The molecule has 0 aliphatic carbocycles. The van der Waals surface area contributed by atoms with Crippen LogP contribution in [0.1, 0.15) is 0 Å². The predicted molar refractivity (Wildman–Crippen MR) is 98.2 cm³/mol. The topological polar surface area (TPSA) is 9.23 Å². The summed E-state index contributed by atoms with van der Waals surface area (Å²) in [6.45, 7) is 8.79. The SMILES string of the molecule is C[Si](C)(C)O[Si](C)(c1ccccc1Cl)c1ccccc1Cl. The number of benzene rings is 2. The first-order chi connectivity index (χ1) is 9.74. The second-order valence-corrected chi connectivity index (χ2v) is 15.2. The molecule has 0 amide bonds. The lowest BCUT2D eigenvalue weighted by Gasteiger charge is -2.36. The third-order valence-corrected chi connectivity index (χ3v) is 11.3. The summed E-state index contributed by atoms with van der Waals surface area (Å²) in [7, 11) is -4.19. The van der Waals surface area contributed by atoms with E-state index in [1.54, 1.807) is 0 Å². The van der Waals surface area contributed by atoms with Crippen LogP contribution in [-0.2, 0) is 4.12 Å². The molecule has 21 heavy (non-hydrogen) atoms. The molecule has 0 aliphatic heterocycles. The standard InChI is InChI=1S/C16H20Cl2OSi2/c1-20(2,3)19-21(4,15-11-7-5-9-13(15)17)16-12-8-6-10-14(16)18/h5-12H,1-4H3. The Bertz CT molecular complexity index is 593. The van der Waals surface area contributed by atoms with E-state index in [9.17, 15) is 0 Å². The molecule has 112 valence electrons. The molecule has 1 nitrogen and oxygen atoms in total. The molecular formula is C16H20Cl2OSi2. The number of hydrogen-bond donors (Lipinski definition) is 0. The van der Waals surface area contributed by atoms with Gasteiger partial charge in [-0.2, -0.15) is 0 Å². The first kappa shape index (κ1) is 16.8. The highest BCUT2D eigenvalue weighted by Crippen LogP contribution is 2.21. The normalized spacial score (nSPS) is 12.5. The van der Waals surface area contributed by atoms with Crippen LogP contribution < -0.4 is 10.4 Å². The van der Waals surface area contributed by atoms with Crippen LogP contribution in [0.25, 0.3) is 0 Å². The van der Waals surface area contributed by atoms with Crippen LogP contribution >= 0.6 is 23.2 Å². The van der Waals surface area contributed by atoms with Gasteiger partial charge in [0.05, 0.1) is 0 Å². The molecule has 0 heterocycles. The highest BCUT2D eigenvalue weighted by molar-refractivity contribution is 7.03. The van der Waals surface area contributed by atoms with Gasteiger partial charge < -0.3 is 4.12 Å². The Morgan fingerprint density at radius 2 is 1.10 bits per heavy atom. The number of halogens is 2. The average Bonchev–Trinajstić information content (AvgIpc) is 2.37. The van der Waals surface area contributed by atoms with Gasteiger partial charge in [0.1, 0.15) is 0 Å². The summed E-state index contributed by atoms with van der Waals surface area (Å²) in [5, 5.41) is 3.68.